The lowest BCUT2D eigenvalue weighted by molar-refractivity contribution is 0.589. The van der Waals surface area contributed by atoms with Crippen molar-refractivity contribution >= 4 is 131 Å². The Labute approximate surface area is 650 Å². The van der Waals surface area contributed by atoms with Crippen LogP contribution in [0.5, 0.6) is 0 Å². The number of benzene rings is 12. The molecule has 3 aromatic heterocycles. The van der Waals surface area contributed by atoms with Gasteiger partial charge >= 0.3 is 0 Å². The maximum atomic E-state index is 2.88. The highest BCUT2D eigenvalue weighted by molar-refractivity contribution is 7.34. The summed E-state index contributed by atoms with van der Waals surface area (Å²) in [5.74, 6) is 0. The summed E-state index contributed by atoms with van der Waals surface area (Å²) in [5.41, 5.74) is 31.2. The van der Waals surface area contributed by atoms with E-state index in [1.807, 2.05) is 22.7 Å². The Morgan fingerprint density at radius 3 is 1.07 bits per heavy atom. The number of para-hydroxylation sites is 2. The molecule has 3 nitrogen and oxygen atoms in total. The molecule has 0 saturated carbocycles. The van der Waals surface area contributed by atoms with Crippen molar-refractivity contribution in [3.8, 4) is 50.2 Å². The Morgan fingerprint density at radius 1 is 0.269 bits per heavy atom. The number of anilines is 6. The molecule has 108 heavy (non-hydrogen) atoms. The molecule has 0 fully saturated rings. The van der Waals surface area contributed by atoms with Gasteiger partial charge in [-0.3, -0.25) is 0 Å². The molecule has 2 aliphatic rings. The highest BCUT2D eigenvalue weighted by Gasteiger charge is 2.49. The van der Waals surface area contributed by atoms with Crippen LogP contribution in [0.25, 0.3) is 102 Å². The average molecular weight is 1440 g/mol. The van der Waals surface area contributed by atoms with Crippen LogP contribution in [0, 0.1) is 0 Å². The predicted molar refractivity (Wildman–Crippen MR) is 476 cm³/mol. The topological polar surface area (TPSA) is 11.4 Å². The molecule has 0 bridgehead atoms. The molecule has 0 atom stereocenters. The molecule has 0 radical (unpaired) electrons. The third-order valence-corrected chi connectivity index (χ3v) is 25.9. The summed E-state index contributed by atoms with van der Waals surface area (Å²) in [4.78, 5) is 5.66. The van der Waals surface area contributed by atoms with Gasteiger partial charge in [-0.05, 0) is 189 Å². The summed E-state index contributed by atoms with van der Waals surface area (Å²) < 4.78 is 7.71. The largest absolute Gasteiger partial charge is 0.310 e. The molecule has 0 spiro atoms. The molecule has 17 rings (SSSR count). The molecule has 0 saturated heterocycles. The molecule has 0 unspecified atom stereocenters. The van der Waals surface area contributed by atoms with Crippen LogP contribution in [-0.2, 0) is 37.9 Å². The smallest absolute Gasteiger partial charge is 0.264 e. The SMILES string of the molecule is CC(C)(C)c1ccc(-c2cc(C(C)(C)C)cc(-c3ccc(C(C)(C)C)cc3)c2N2c3ccc(-n4c5ccccc5c5ccccc54)cc3B3c4sc5ccc(C(C)(C)C)cc5c4N(c4c(-c5ccc(C(C)(C)C)cc5)cc(C(C)(C)C)cc4-c4ccc(C(C)(C)C)cc4)c4c3c2cc2c4sc3ccccc32)cc1. The maximum Gasteiger partial charge on any atom is 0.264 e. The van der Waals surface area contributed by atoms with Crippen LogP contribution in [0.4, 0.5) is 34.1 Å². The number of aromatic nitrogens is 1. The van der Waals surface area contributed by atoms with E-state index >= 15 is 0 Å². The van der Waals surface area contributed by atoms with E-state index in [-0.39, 0.29) is 44.6 Å². The number of hydrogen-bond acceptors (Lipinski definition) is 4. The fraction of sp³-hybridized carbons (Fsp3) is 0.275. The van der Waals surface area contributed by atoms with Gasteiger partial charge in [-0.25, -0.2) is 0 Å². The lowest BCUT2D eigenvalue weighted by atomic mass is 9.36. The van der Waals surface area contributed by atoms with Crippen LogP contribution < -0.4 is 25.5 Å². The Bertz CT molecular complexity index is 5910. The quantitative estimate of drug-likeness (QED) is 0.147. The van der Waals surface area contributed by atoms with Gasteiger partial charge in [0.2, 0.25) is 0 Å². The Kier molecular flexibility index (Phi) is 16.4. The summed E-state index contributed by atoms with van der Waals surface area (Å²) >= 11 is 3.97. The van der Waals surface area contributed by atoms with Gasteiger partial charge in [0.05, 0.1) is 38.5 Å². The lowest BCUT2D eigenvalue weighted by Gasteiger charge is -2.45. The highest BCUT2D eigenvalue weighted by Crippen LogP contribution is 2.59. The fourth-order valence-electron chi connectivity index (χ4n) is 17.1. The van der Waals surface area contributed by atoms with Crippen molar-refractivity contribution in [1.29, 1.82) is 0 Å². The maximum absolute atomic E-state index is 2.88. The minimum Gasteiger partial charge on any atom is -0.310 e. The van der Waals surface area contributed by atoms with Crippen LogP contribution >= 0.6 is 22.7 Å². The van der Waals surface area contributed by atoms with Crippen molar-refractivity contribution in [1.82, 2.24) is 4.57 Å². The Hall–Kier alpha value is -9.72. The number of thiophene rings is 2. The molecule has 12 aromatic carbocycles. The van der Waals surface area contributed by atoms with Crippen molar-refractivity contribution in [2.45, 2.75) is 183 Å². The Balaban J connectivity index is 1.11. The van der Waals surface area contributed by atoms with Gasteiger partial charge in [-0.15, -0.1) is 22.7 Å². The van der Waals surface area contributed by atoms with Crippen molar-refractivity contribution in [3.63, 3.8) is 0 Å². The third-order valence-electron chi connectivity index (χ3n) is 23.5. The summed E-state index contributed by atoms with van der Waals surface area (Å²) in [5, 5.41) is 6.28. The molecule has 0 N–H and O–H groups in total. The van der Waals surface area contributed by atoms with Gasteiger partial charge in [0.1, 0.15) is 0 Å². The van der Waals surface area contributed by atoms with Crippen LogP contribution in [0.2, 0.25) is 0 Å². The standard InChI is InChI=1S/C102H102BN3S2/c1-96(2,3)65-42-34-61(35-43-65)76-55-70(101(16,17)18)56-77(62-36-44-66(45-37-62)97(4,5)6)90(76)105-85-52-51-72(104-83-31-25-22-28-73(83)74-29-23-26-32-84(74)104)59-82(85)103-89-86(105)60-80-75-30-24-27-33-87(75)107-94(80)93(89)106(92-81-54-69(100(13,14)15)50-53-88(81)108-95(92)103)91-78(63-38-46-67(47-39-63)98(7,8)9)57-71(102(19,20)21)58-79(91)64-40-48-68(49-41-64)99(10,11)12/h22-60H,1-21H3. The molecule has 2 aliphatic heterocycles. The van der Waals surface area contributed by atoms with Gasteiger partial charge in [-0.1, -0.05) is 303 Å². The van der Waals surface area contributed by atoms with Crippen molar-refractivity contribution in [2.24, 2.45) is 0 Å². The van der Waals surface area contributed by atoms with E-state index in [0.29, 0.717) is 0 Å². The van der Waals surface area contributed by atoms with Crippen molar-refractivity contribution in [3.05, 3.63) is 276 Å². The van der Waals surface area contributed by atoms with E-state index in [1.54, 1.807) is 0 Å². The van der Waals surface area contributed by atoms with E-state index in [2.05, 4.69) is 396 Å². The summed E-state index contributed by atoms with van der Waals surface area (Å²) in [6.07, 6.45) is 0. The summed E-state index contributed by atoms with van der Waals surface area (Å²) in [6, 6.07) is 93.9. The molecular formula is C102H102BN3S2. The zero-order chi connectivity index (χ0) is 76.0. The first-order valence-electron chi connectivity index (χ1n) is 39.1. The number of fused-ring (bicyclic) bond motifs is 13. The van der Waals surface area contributed by atoms with Crippen LogP contribution in [0.1, 0.15) is 184 Å². The van der Waals surface area contributed by atoms with E-state index in [9.17, 15) is 0 Å². The number of rotatable bonds is 7. The van der Waals surface area contributed by atoms with Crippen LogP contribution in [0.15, 0.2) is 237 Å². The zero-order valence-electron chi connectivity index (χ0n) is 67.3. The normalized spacial score (nSPS) is 13.7. The van der Waals surface area contributed by atoms with E-state index in [0.717, 1.165) is 11.4 Å². The Morgan fingerprint density at radius 2 is 0.648 bits per heavy atom. The summed E-state index contributed by atoms with van der Waals surface area (Å²) in [6.45, 7) is 49.3. The molecular weight excluding hydrogens is 1340 g/mol. The van der Waals surface area contributed by atoms with E-state index in [4.69, 9.17) is 0 Å². The zero-order valence-corrected chi connectivity index (χ0v) is 68.9. The summed E-state index contributed by atoms with van der Waals surface area (Å²) in [7, 11) is 0. The van der Waals surface area contributed by atoms with Gasteiger partial charge in [0.25, 0.3) is 6.71 Å². The van der Waals surface area contributed by atoms with Crippen LogP contribution in [0.3, 0.4) is 0 Å². The molecule has 15 aromatic rings. The molecule has 0 amide bonds. The van der Waals surface area contributed by atoms with Gasteiger partial charge in [0.15, 0.2) is 0 Å². The molecule has 0 aliphatic carbocycles. The first-order valence-corrected chi connectivity index (χ1v) is 40.7. The molecule has 6 heteroatoms. The van der Waals surface area contributed by atoms with E-state index < -0.39 is 0 Å². The third kappa shape index (κ3) is 11.9. The molecule has 540 valence electrons. The average Bonchev–Trinajstić information content (AvgIpc) is 1.34. The minimum absolute atomic E-state index is 0.0502. The van der Waals surface area contributed by atoms with Gasteiger partial charge in [-0.2, -0.15) is 0 Å². The first-order chi connectivity index (χ1) is 51.0. The predicted octanol–water partition coefficient (Wildman–Crippen LogP) is 28.2. The monoisotopic (exact) mass is 1440 g/mol. The highest BCUT2D eigenvalue weighted by atomic mass is 32.1. The first kappa shape index (κ1) is 71.2. The fourth-order valence-corrected chi connectivity index (χ4v) is 19.6. The van der Waals surface area contributed by atoms with E-state index in [1.165, 1.54) is 180 Å². The number of hydrogen-bond donors (Lipinski definition) is 0. The van der Waals surface area contributed by atoms with Crippen LogP contribution in [-0.4, -0.2) is 11.3 Å². The molecule has 5 heterocycles. The minimum atomic E-state index is -0.235. The van der Waals surface area contributed by atoms with Crippen molar-refractivity contribution in [2.75, 3.05) is 9.80 Å². The van der Waals surface area contributed by atoms with Gasteiger partial charge < -0.3 is 14.4 Å². The van der Waals surface area contributed by atoms with Crippen molar-refractivity contribution < 1.29 is 0 Å². The second-order valence-electron chi connectivity index (χ2n) is 38.3. The second kappa shape index (κ2) is 24.9. The van der Waals surface area contributed by atoms with Gasteiger partial charge in [0, 0.05) is 80.4 Å². The lowest BCUT2D eigenvalue weighted by Crippen LogP contribution is -2.60. The second-order valence-corrected chi connectivity index (χ2v) is 40.4. The number of nitrogens with zero attached hydrogens (tertiary/aromatic N) is 3.